The molecule has 2 aromatic rings. The second-order valence-electron chi connectivity index (χ2n) is 7.78. The van der Waals surface area contributed by atoms with Crippen LogP contribution in [0.3, 0.4) is 0 Å². The van der Waals surface area contributed by atoms with Gasteiger partial charge in [-0.25, -0.2) is 0 Å². The minimum absolute atomic E-state index is 0.0593. The van der Waals surface area contributed by atoms with E-state index in [1.165, 1.54) is 11.1 Å². The second-order valence-corrected chi connectivity index (χ2v) is 7.78. The molecule has 4 heteroatoms. The summed E-state index contributed by atoms with van der Waals surface area (Å²) in [5.74, 6) is 1.14. The van der Waals surface area contributed by atoms with Crippen LogP contribution in [0.15, 0.2) is 48.5 Å². The Bertz CT molecular complexity index is 747. The number of benzene rings is 2. The summed E-state index contributed by atoms with van der Waals surface area (Å²) in [6, 6.07) is 16.8. The van der Waals surface area contributed by atoms with Crippen molar-refractivity contribution < 1.29 is 9.53 Å². The van der Waals surface area contributed by atoms with Crippen LogP contribution in [0.1, 0.15) is 48.9 Å². The smallest absolute Gasteiger partial charge is 0.223 e. The number of methoxy groups -OCH3 is 1. The van der Waals surface area contributed by atoms with E-state index in [0.29, 0.717) is 0 Å². The molecule has 1 atom stereocenters. The lowest BCUT2D eigenvalue weighted by atomic mass is 9.94. The first-order valence-electron chi connectivity index (χ1n) is 10.3. The predicted octanol–water partition coefficient (Wildman–Crippen LogP) is 4.48. The lowest BCUT2D eigenvalue weighted by Gasteiger charge is -2.32. The number of rotatable bonds is 7. The Labute approximate surface area is 168 Å². The number of piperidine rings is 1. The van der Waals surface area contributed by atoms with Crippen LogP contribution in [0.25, 0.3) is 0 Å². The number of ether oxygens (including phenoxy) is 1. The Hall–Kier alpha value is -2.33. The van der Waals surface area contributed by atoms with E-state index in [-0.39, 0.29) is 17.9 Å². The Balaban J connectivity index is 1.50. The summed E-state index contributed by atoms with van der Waals surface area (Å²) in [4.78, 5) is 15.3. The van der Waals surface area contributed by atoms with E-state index in [2.05, 4.69) is 48.3 Å². The second kappa shape index (κ2) is 9.74. The molecule has 1 saturated heterocycles. The van der Waals surface area contributed by atoms with Gasteiger partial charge in [-0.3, -0.25) is 9.69 Å². The molecule has 150 valence electrons. The van der Waals surface area contributed by atoms with Crippen LogP contribution in [0, 0.1) is 12.8 Å². The number of carbonyl (C=O) groups excluding carboxylic acids is 1. The van der Waals surface area contributed by atoms with Gasteiger partial charge in [-0.1, -0.05) is 48.9 Å². The van der Waals surface area contributed by atoms with Gasteiger partial charge in [0.2, 0.25) is 5.91 Å². The van der Waals surface area contributed by atoms with Gasteiger partial charge in [0.05, 0.1) is 13.2 Å². The third kappa shape index (κ3) is 5.35. The molecule has 0 spiro atoms. The van der Waals surface area contributed by atoms with Gasteiger partial charge in [-0.15, -0.1) is 0 Å². The molecule has 1 fully saturated rings. The summed E-state index contributed by atoms with van der Waals surface area (Å²) in [5.41, 5.74) is 3.77. The summed E-state index contributed by atoms with van der Waals surface area (Å²) < 4.78 is 5.23. The zero-order chi connectivity index (χ0) is 19.9. The van der Waals surface area contributed by atoms with Crippen molar-refractivity contribution in [1.82, 2.24) is 10.2 Å². The normalized spacial score (nSPS) is 16.5. The lowest BCUT2D eigenvalue weighted by Crippen LogP contribution is -2.41. The highest BCUT2D eigenvalue weighted by Gasteiger charge is 2.26. The molecule has 1 N–H and O–H groups in total. The van der Waals surface area contributed by atoms with Gasteiger partial charge < -0.3 is 10.1 Å². The van der Waals surface area contributed by atoms with Crippen molar-refractivity contribution in [3.63, 3.8) is 0 Å². The molecule has 0 unspecified atom stereocenters. The zero-order valence-corrected chi connectivity index (χ0v) is 17.3. The fraction of sp³-hybridized carbons (Fsp3) is 0.458. The number of nitrogens with one attached hydrogen (secondary N) is 1. The number of hydrogen-bond acceptors (Lipinski definition) is 3. The zero-order valence-electron chi connectivity index (χ0n) is 17.3. The number of aryl methyl sites for hydroxylation is 1. The monoisotopic (exact) mass is 380 g/mol. The Morgan fingerprint density at radius 2 is 1.75 bits per heavy atom. The molecule has 1 aliphatic rings. The van der Waals surface area contributed by atoms with Crippen LogP contribution in [-0.4, -0.2) is 31.0 Å². The number of likely N-dealkylation sites (tertiary alicyclic amines) is 1. The van der Waals surface area contributed by atoms with Gasteiger partial charge in [-0.05, 0) is 62.5 Å². The summed E-state index contributed by atoms with van der Waals surface area (Å²) >= 11 is 0. The number of nitrogens with zero attached hydrogens (tertiary/aromatic N) is 1. The Kier molecular flexibility index (Phi) is 7.10. The van der Waals surface area contributed by atoms with Crippen molar-refractivity contribution in [2.45, 2.75) is 45.7 Å². The largest absolute Gasteiger partial charge is 0.497 e. The van der Waals surface area contributed by atoms with E-state index < -0.39 is 0 Å². The molecule has 1 heterocycles. The van der Waals surface area contributed by atoms with E-state index in [9.17, 15) is 4.79 Å². The maximum atomic E-state index is 12.8. The SMILES string of the molecule is CC[C@H](NC(=O)C1CCN(Cc2ccc(C)cc2)CC1)c1ccc(OC)cc1. The maximum Gasteiger partial charge on any atom is 0.223 e. The highest BCUT2D eigenvalue weighted by molar-refractivity contribution is 5.79. The molecule has 1 aliphatic heterocycles. The maximum absolute atomic E-state index is 12.8. The standard InChI is InChI=1S/C24H32N2O2/c1-4-23(20-9-11-22(28-3)12-10-20)25-24(27)21-13-15-26(16-14-21)17-19-7-5-18(2)6-8-19/h5-12,21,23H,4,13-17H2,1-3H3,(H,25,27)/t23-/m0/s1. The van der Waals surface area contributed by atoms with Crippen LogP contribution in [-0.2, 0) is 11.3 Å². The first-order chi connectivity index (χ1) is 13.6. The predicted molar refractivity (Wildman–Crippen MR) is 113 cm³/mol. The van der Waals surface area contributed by atoms with Gasteiger partial charge in [0, 0.05) is 12.5 Å². The van der Waals surface area contributed by atoms with Crippen molar-refractivity contribution >= 4 is 5.91 Å². The summed E-state index contributed by atoms with van der Waals surface area (Å²) in [6.45, 7) is 7.15. The number of amides is 1. The minimum Gasteiger partial charge on any atom is -0.497 e. The molecular formula is C24H32N2O2. The highest BCUT2D eigenvalue weighted by Crippen LogP contribution is 2.23. The average molecular weight is 381 g/mol. The quantitative estimate of drug-likeness (QED) is 0.770. The first-order valence-corrected chi connectivity index (χ1v) is 10.3. The summed E-state index contributed by atoms with van der Waals surface area (Å²) in [6.07, 6.45) is 2.73. The molecule has 0 saturated carbocycles. The Morgan fingerprint density at radius 3 is 2.32 bits per heavy atom. The lowest BCUT2D eigenvalue weighted by molar-refractivity contribution is -0.127. The molecule has 0 bridgehead atoms. The third-order valence-electron chi connectivity index (χ3n) is 5.73. The van der Waals surface area contributed by atoms with Gasteiger partial charge in [0.15, 0.2) is 0 Å². The topological polar surface area (TPSA) is 41.6 Å². The number of hydrogen-bond donors (Lipinski definition) is 1. The van der Waals surface area contributed by atoms with Crippen LogP contribution in [0.2, 0.25) is 0 Å². The van der Waals surface area contributed by atoms with Crippen molar-refractivity contribution in [2.75, 3.05) is 20.2 Å². The third-order valence-corrected chi connectivity index (χ3v) is 5.73. The molecular weight excluding hydrogens is 348 g/mol. The van der Waals surface area contributed by atoms with Crippen molar-refractivity contribution in [3.05, 3.63) is 65.2 Å². The number of carbonyl (C=O) groups is 1. The van der Waals surface area contributed by atoms with Crippen molar-refractivity contribution in [3.8, 4) is 5.75 Å². The average Bonchev–Trinajstić information content (AvgIpc) is 2.74. The molecule has 28 heavy (non-hydrogen) atoms. The van der Waals surface area contributed by atoms with E-state index in [1.807, 2.05) is 24.3 Å². The molecule has 4 nitrogen and oxygen atoms in total. The molecule has 0 aromatic heterocycles. The molecule has 0 radical (unpaired) electrons. The van der Waals surface area contributed by atoms with E-state index in [1.54, 1.807) is 7.11 Å². The summed E-state index contributed by atoms with van der Waals surface area (Å²) in [5, 5.41) is 3.26. The molecule has 1 amide bonds. The molecule has 3 rings (SSSR count). The van der Waals surface area contributed by atoms with Gasteiger partial charge in [0.25, 0.3) is 0 Å². The first kappa shape index (κ1) is 20.4. The fourth-order valence-electron chi connectivity index (χ4n) is 3.85. The van der Waals surface area contributed by atoms with Crippen molar-refractivity contribution in [2.24, 2.45) is 5.92 Å². The fourth-order valence-corrected chi connectivity index (χ4v) is 3.85. The molecule has 0 aliphatic carbocycles. The minimum atomic E-state index is 0.0593. The van der Waals surface area contributed by atoms with E-state index in [4.69, 9.17) is 4.74 Å². The van der Waals surface area contributed by atoms with Crippen LogP contribution < -0.4 is 10.1 Å². The van der Waals surface area contributed by atoms with Crippen LogP contribution in [0.5, 0.6) is 5.75 Å². The highest BCUT2D eigenvalue weighted by atomic mass is 16.5. The van der Waals surface area contributed by atoms with Crippen molar-refractivity contribution in [1.29, 1.82) is 0 Å². The molecule has 2 aromatic carbocycles. The van der Waals surface area contributed by atoms with Gasteiger partial charge >= 0.3 is 0 Å². The van der Waals surface area contributed by atoms with E-state index in [0.717, 1.165) is 50.2 Å². The van der Waals surface area contributed by atoms with E-state index >= 15 is 0 Å². The Morgan fingerprint density at radius 1 is 1.11 bits per heavy atom. The van der Waals surface area contributed by atoms with Crippen LogP contribution >= 0.6 is 0 Å². The van der Waals surface area contributed by atoms with Crippen LogP contribution in [0.4, 0.5) is 0 Å². The van der Waals surface area contributed by atoms with Gasteiger partial charge in [-0.2, -0.15) is 0 Å². The summed E-state index contributed by atoms with van der Waals surface area (Å²) in [7, 11) is 1.67. The van der Waals surface area contributed by atoms with Gasteiger partial charge in [0.1, 0.15) is 5.75 Å².